The van der Waals surface area contributed by atoms with E-state index in [1.165, 1.54) is 65.7 Å². The quantitative estimate of drug-likeness (QED) is 0.119. The number of benzene rings is 12. The molecular formula is C87H73ClF3N9O9S3. The number of amides is 3. The fraction of sp³-hybridized carbons (Fsp3) is 0.172. The van der Waals surface area contributed by atoms with Crippen LogP contribution in [0.2, 0.25) is 0 Å². The van der Waals surface area contributed by atoms with Crippen molar-refractivity contribution in [2.75, 3.05) is 39.3 Å². The lowest BCUT2D eigenvalue weighted by Crippen LogP contribution is -2.35. The Morgan fingerprint density at radius 1 is 0.339 bits per heavy atom. The number of fused-ring (bicyclic) bond motifs is 6. The lowest BCUT2D eigenvalue weighted by molar-refractivity contribution is 0.0717. The van der Waals surface area contributed by atoms with Gasteiger partial charge in [0, 0.05) is 83.3 Å². The van der Waals surface area contributed by atoms with Crippen LogP contribution in [0.1, 0.15) is 88.9 Å². The van der Waals surface area contributed by atoms with E-state index in [0.717, 1.165) is 146 Å². The number of nitrogens with one attached hydrogen (secondary N) is 1. The van der Waals surface area contributed by atoms with Gasteiger partial charge in [0.05, 0.1) is 47.8 Å². The minimum Gasteiger partial charge on any atom is -0.339 e. The number of imidazole rings is 3. The molecule has 15 aromatic rings. The predicted octanol–water partition coefficient (Wildman–Crippen LogP) is 18.5. The maximum absolute atomic E-state index is 14.1. The van der Waals surface area contributed by atoms with Crippen molar-refractivity contribution in [3.05, 3.63) is 289 Å². The van der Waals surface area contributed by atoms with Crippen molar-refractivity contribution in [2.24, 2.45) is 0 Å². The molecule has 0 unspecified atom stereocenters. The molecule has 112 heavy (non-hydrogen) atoms. The molecule has 0 saturated carbocycles. The van der Waals surface area contributed by atoms with Gasteiger partial charge in [-0.1, -0.05) is 146 Å². The minimum absolute atomic E-state index is 0.0872. The molecule has 566 valence electrons. The summed E-state index contributed by atoms with van der Waals surface area (Å²) in [6.45, 7) is 4.50. The van der Waals surface area contributed by atoms with Gasteiger partial charge in [-0.2, -0.15) is 0 Å². The summed E-state index contributed by atoms with van der Waals surface area (Å²) in [6.07, 6.45) is 9.47. The van der Waals surface area contributed by atoms with Crippen LogP contribution >= 0.6 is 10.7 Å². The molecule has 3 aliphatic rings. The molecule has 1 N–H and O–H groups in total. The fourth-order valence-electron chi connectivity index (χ4n) is 14.7. The van der Waals surface area contributed by atoms with E-state index in [-0.39, 0.29) is 49.6 Å². The molecular weight excluding hydrogens is 1500 g/mol. The molecule has 3 fully saturated rings. The second-order valence-electron chi connectivity index (χ2n) is 27.6. The maximum atomic E-state index is 14.1. The largest absolute Gasteiger partial charge is 0.339 e. The van der Waals surface area contributed by atoms with Crippen molar-refractivity contribution >= 4 is 123 Å². The Balaban J connectivity index is 0.000000125. The average Bonchev–Trinajstić information content (AvgIpc) is 1.58. The van der Waals surface area contributed by atoms with E-state index in [1.807, 2.05) is 125 Å². The van der Waals surface area contributed by atoms with Gasteiger partial charge in [-0.25, -0.2) is 61.3 Å². The van der Waals surface area contributed by atoms with Gasteiger partial charge >= 0.3 is 0 Å². The van der Waals surface area contributed by atoms with Crippen LogP contribution < -0.4 is 0 Å². The average molecular weight is 1580 g/mol. The van der Waals surface area contributed by atoms with Crippen LogP contribution in [0.15, 0.2) is 269 Å². The van der Waals surface area contributed by atoms with E-state index >= 15 is 0 Å². The van der Waals surface area contributed by atoms with Gasteiger partial charge in [-0.3, -0.25) is 14.4 Å². The van der Waals surface area contributed by atoms with Crippen LogP contribution in [-0.2, 0) is 29.1 Å². The molecule has 0 bridgehead atoms. The highest BCUT2D eigenvalue weighted by atomic mass is 35.7. The Morgan fingerprint density at radius 3 is 1.16 bits per heavy atom. The van der Waals surface area contributed by atoms with Gasteiger partial charge in [-0.15, -0.1) is 0 Å². The van der Waals surface area contributed by atoms with E-state index < -0.39 is 46.5 Å². The van der Waals surface area contributed by atoms with E-state index in [9.17, 15) is 52.8 Å². The molecule has 3 aliphatic heterocycles. The number of H-pyrrole nitrogens is 1. The molecule has 0 aliphatic carbocycles. The normalized spacial score (nSPS) is 14.2. The molecule has 3 aromatic heterocycles. The van der Waals surface area contributed by atoms with Gasteiger partial charge in [0.25, 0.3) is 46.8 Å². The number of carbonyl (C=O) groups is 3. The standard InChI is InChI=1S/2C29H24FN3O3S.C23H21N3O.C6H4ClFO2S/c30-22-10-7-11-23(19-22)37(35,36)33-27-15-14-21(29(34)32-16-4-1-5-17-32)18-26(27)31-28(33)25-13-6-9-20-8-2-3-12-24(20)25;30-22-10-7-11-23(19-22)37(35,36)33-27-18-21(29(34)32-16-4-1-5-17-32)14-15-26(27)31-28(33)25-13-6-9-20-8-2-3-12-24(20)25;27-23(26-13-4-1-5-14-26)17-11-12-20-21(15-17)25-22(24-20)19-10-6-8-16-7-2-3-9-18(16)19;7-11(9,10)6-3-1-2-5(8)4-6/h2*2-3,6-15,18-19H,1,4-5,16-17H2;2-3,6-12,15H,1,4-5,13-14H2,(H,24,25);1-4H. The smallest absolute Gasteiger partial charge is 0.270 e. The fourth-order valence-corrected chi connectivity index (χ4v) is 18.5. The second-order valence-corrected chi connectivity index (χ2v) is 33.7. The number of hydrogen-bond acceptors (Lipinski definition) is 12. The minimum atomic E-state index is -4.27. The zero-order valence-corrected chi connectivity index (χ0v) is 63.5. The number of carbonyl (C=O) groups excluding carboxylic acids is 3. The summed E-state index contributed by atoms with van der Waals surface area (Å²) < 4.78 is 120. The number of likely N-dealkylation sites (tertiary alicyclic amines) is 3. The monoisotopic (exact) mass is 1580 g/mol. The summed E-state index contributed by atoms with van der Waals surface area (Å²) >= 11 is 0. The Labute approximate surface area is 648 Å². The van der Waals surface area contributed by atoms with Crippen LogP contribution in [0.5, 0.6) is 0 Å². The molecule has 3 saturated heterocycles. The predicted molar refractivity (Wildman–Crippen MR) is 431 cm³/mol. The Kier molecular flexibility index (Phi) is 21.8. The van der Waals surface area contributed by atoms with Gasteiger partial charge in [-0.05, 0) is 199 Å². The van der Waals surface area contributed by atoms with Crippen LogP contribution in [0.3, 0.4) is 0 Å². The van der Waals surface area contributed by atoms with Crippen molar-refractivity contribution in [1.29, 1.82) is 0 Å². The SMILES string of the molecule is O=C(c1ccc2c(c1)nc(-c1cccc3ccccc13)n2S(=O)(=O)c1cccc(F)c1)N1CCCCC1.O=C(c1ccc2nc(-c3cccc4ccccc34)[nH]c2c1)N1CCCCC1.O=C(c1ccc2nc(-c3cccc4ccccc34)n(S(=O)(=O)c3cccc(F)c3)c2c1)N1CCCCC1.O=S(=O)(Cl)c1cccc(F)c1. The molecule has 12 aromatic carbocycles. The van der Waals surface area contributed by atoms with E-state index in [4.69, 9.17) is 25.6 Å². The number of rotatable bonds is 11. The van der Waals surface area contributed by atoms with Crippen LogP contribution in [0.4, 0.5) is 13.2 Å². The molecule has 0 radical (unpaired) electrons. The first-order chi connectivity index (χ1) is 54.2. The van der Waals surface area contributed by atoms with Gasteiger partial charge in [0.1, 0.15) is 23.3 Å². The van der Waals surface area contributed by atoms with Crippen molar-refractivity contribution in [3.63, 3.8) is 0 Å². The lowest BCUT2D eigenvalue weighted by atomic mass is 10.0. The number of halogens is 4. The first-order valence-corrected chi connectivity index (χ1v) is 41.9. The van der Waals surface area contributed by atoms with Crippen molar-refractivity contribution < 1.29 is 52.8 Å². The number of aromatic amines is 1. The summed E-state index contributed by atoms with van der Waals surface area (Å²) in [5.74, 6) is -0.767. The zero-order chi connectivity index (χ0) is 77.8. The summed E-state index contributed by atoms with van der Waals surface area (Å²) in [6, 6.07) is 71.1. The van der Waals surface area contributed by atoms with E-state index in [1.54, 1.807) is 41.3 Å². The molecule has 25 heteroatoms. The highest BCUT2D eigenvalue weighted by Gasteiger charge is 2.31. The number of hydrogen-bond donors (Lipinski definition) is 1. The molecule has 0 spiro atoms. The van der Waals surface area contributed by atoms with Crippen LogP contribution in [-0.4, -0.2) is 125 Å². The Bertz CT molecular complexity index is 6420. The molecule has 6 heterocycles. The third kappa shape index (κ3) is 15.8. The molecule has 0 atom stereocenters. The van der Waals surface area contributed by atoms with Crippen LogP contribution in [0, 0.1) is 17.5 Å². The van der Waals surface area contributed by atoms with Crippen molar-refractivity contribution in [2.45, 2.75) is 72.5 Å². The highest BCUT2D eigenvalue weighted by molar-refractivity contribution is 8.13. The number of piperidine rings is 3. The Morgan fingerprint density at radius 2 is 0.705 bits per heavy atom. The molecule has 3 amide bonds. The van der Waals surface area contributed by atoms with E-state index in [2.05, 4.69) is 35.3 Å². The summed E-state index contributed by atoms with van der Waals surface area (Å²) in [5.41, 5.74) is 7.11. The van der Waals surface area contributed by atoms with Crippen molar-refractivity contribution in [3.8, 4) is 34.2 Å². The number of aromatic nitrogens is 6. The van der Waals surface area contributed by atoms with Crippen LogP contribution in [0.25, 0.3) is 99.6 Å². The summed E-state index contributed by atoms with van der Waals surface area (Å²) in [5, 5.41) is 5.90. The van der Waals surface area contributed by atoms with Gasteiger partial charge < -0.3 is 19.7 Å². The first-order valence-electron chi connectivity index (χ1n) is 36.8. The van der Waals surface area contributed by atoms with E-state index in [0.29, 0.717) is 65.0 Å². The Hall–Kier alpha value is -11.8. The third-order valence-electron chi connectivity index (χ3n) is 20.2. The number of nitrogens with zero attached hydrogens (tertiary/aromatic N) is 8. The highest BCUT2D eigenvalue weighted by Crippen LogP contribution is 2.38. The lowest BCUT2D eigenvalue weighted by Gasteiger charge is -2.26. The van der Waals surface area contributed by atoms with Crippen molar-refractivity contribution in [1.82, 2.24) is 42.6 Å². The topological polar surface area (TPSA) is 228 Å². The van der Waals surface area contributed by atoms with Gasteiger partial charge in [0.15, 0.2) is 11.6 Å². The third-order valence-corrected chi connectivity index (χ3v) is 25.0. The summed E-state index contributed by atoms with van der Waals surface area (Å²) in [7, 11) is -7.35. The second kappa shape index (κ2) is 32.2. The maximum Gasteiger partial charge on any atom is 0.270 e. The first kappa shape index (κ1) is 75.6. The molecule has 18 rings (SSSR count). The molecule has 18 nitrogen and oxygen atoms in total. The van der Waals surface area contributed by atoms with Gasteiger partial charge in [0.2, 0.25) is 0 Å². The summed E-state index contributed by atoms with van der Waals surface area (Å²) in [4.78, 5) is 61.9. The zero-order valence-electron chi connectivity index (χ0n) is 60.3.